The van der Waals surface area contributed by atoms with Gasteiger partial charge in [-0.2, -0.15) is 0 Å². The van der Waals surface area contributed by atoms with Gasteiger partial charge in [-0.3, -0.25) is 19.7 Å². The lowest BCUT2D eigenvalue weighted by molar-refractivity contribution is -0.384. The molecule has 1 heterocycles. The number of amides is 2. The summed E-state index contributed by atoms with van der Waals surface area (Å²) in [7, 11) is 0. The molecule has 2 amide bonds. The number of piperidine rings is 1. The van der Waals surface area contributed by atoms with Gasteiger partial charge in [0, 0.05) is 36.8 Å². The van der Waals surface area contributed by atoms with Crippen LogP contribution in [0.2, 0.25) is 0 Å². The molecule has 1 fully saturated rings. The monoisotopic (exact) mass is 414 g/mol. The molecule has 1 unspecified atom stereocenters. The lowest BCUT2D eigenvalue weighted by Gasteiger charge is -2.35. The van der Waals surface area contributed by atoms with Crippen molar-refractivity contribution < 1.29 is 18.9 Å². The van der Waals surface area contributed by atoms with Gasteiger partial charge in [0.1, 0.15) is 5.82 Å². The van der Waals surface area contributed by atoms with Crippen molar-refractivity contribution in [1.29, 1.82) is 0 Å². The highest BCUT2D eigenvalue weighted by atomic mass is 19.1. The molecule has 0 radical (unpaired) electrons. The number of carbonyl (C=O) groups is 2. The largest absolute Gasteiger partial charge is 0.367 e. The Hall–Kier alpha value is -3.49. The van der Waals surface area contributed by atoms with Gasteiger partial charge in [-0.15, -0.1) is 0 Å². The predicted octanol–water partition coefficient (Wildman–Crippen LogP) is 2.56. The molecule has 2 N–H and O–H groups in total. The third-order valence-electron chi connectivity index (χ3n) is 4.96. The van der Waals surface area contributed by atoms with Crippen LogP contribution in [0.4, 0.5) is 15.8 Å². The molecule has 0 saturated carbocycles. The summed E-state index contributed by atoms with van der Waals surface area (Å²) in [6.45, 7) is 2.83. The summed E-state index contributed by atoms with van der Waals surface area (Å²) < 4.78 is 14.2. The van der Waals surface area contributed by atoms with Gasteiger partial charge in [0.05, 0.1) is 17.2 Å². The number of hydrogen-bond donors (Lipinski definition) is 2. The first-order chi connectivity index (χ1) is 14.3. The highest BCUT2D eigenvalue weighted by Gasteiger charge is 2.23. The van der Waals surface area contributed by atoms with Crippen LogP contribution in [0.25, 0.3) is 0 Å². The molecule has 2 aromatic carbocycles. The topological polar surface area (TPSA) is 105 Å². The molecule has 8 nitrogen and oxygen atoms in total. The van der Waals surface area contributed by atoms with E-state index in [2.05, 4.69) is 10.6 Å². The second kappa shape index (κ2) is 9.34. The number of aryl methyl sites for hydroxylation is 1. The fourth-order valence-corrected chi connectivity index (χ4v) is 3.48. The Morgan fingerprint density at radius 1 is 1.27 bits per heavy atom. The summed E-state index contributed by atoms with van der Waals surface area (Å²) in [5.41, 5.74) is 1.39. The average molecular weight is 414 g/mol. The summed E-state index contributed by atoms with van der Waals surface area (Å²) >= 11 is 0. The van der Waals surface area contributed by atoms with E-state index in [0.717, 1.165) is 24.5 Å². The van der Waals surface area contributed by atoms with Crippen LogP contribution in [-0.4, -0.2) is 42.4 Å². The number of nitro benzene ring substituents is 1. The van der Waals surface area contributed by atoms with E-state index in [-0.39, 0.29) is 35.6 Å². The molecule has 2 aromatic rings. The van der Waals surface area contributed by atoms with Gasteiger partial charge in [0.15, 0.2) is 0 Å². The number of halogens is 1. The molecule has 3 rings (SSSR count). The van der Waals surface area contributed by atoms with E-state index in [0.29, 0.717) is 18.8 Å². The average Bonchev–Trinajstić information content (AvgIpc) is 2.74. The smallest absolute Gasteiger partial charge is 0.270 e. The number of nitrogens with one attached hydrogen (secondary N) is 2. The fourth-order valence-electron chi connectivity index (χ4n) is 3.48. The van der Waals surface area contributed by atoms with E-state index in [1.54, 1.807) is 12.1 Å². The maximum Gasteiger partial charge on any atom is 0.270 e. The van der Waals surface area contributed by atoms with E-state index >= 15 is 0 Å². The van der Waals surface area contributed by atoms with Gasteiger partial charge in [-0.1, -0.05) is 12.1 Å². The second-order valence-electron chi connectivity index (χ2n) is 7.30. The number of benzene rings is 2. The van der Waals surface area contributed by atoms with E-state index in [9.17, 15) is 24.1 Å². The van der Waals surface area contributed by atoms with Gasteiger partial charge in [0.25, 0.3) is 11.6 Å². The number of rotatable bonds is 6. The molecule has 158 valence electrons. The van der Waals surface area contributed by atoms with Gasteiger partial charge in [-0.05, 0) is 43.5 Å². The number of hydrogen-bond acceptors (Lipinski definition) is 5. The van der Waals surface area contributed by atoms with Gasteiger partial charge >= 0.3 is 0 Å². The molecule has 1 aliphatic heterocycles. The quantitative estimate of drug-likeness (QED) is 0.558. The van der Waals surface area contributed by atoms with Crippen molar-refractivity contribution in [2.45, 2.75) is 25.8 Å². The predicted molar refractivity (Wildman–Crippen MR) is 110 cm³/mol. The molecule has 0 aromatic heterocycles. The van der Waals surface area contributed by atoms with Crippen molar-refractivity contribution in [1.82, 2.24) is 10.6 Å². The highest BCUT2D eigenvalue weighted by Crippen LogP contribution is 2.24. The normalized spacial score (nSPS) is 16.1. The Morgan fingerprint density at radius 2 is 2.07 bits per heavy atom. The van der Waals surface area contributed by atoms with Crippen molar-refractivity contribution in [3.8, 4) is 0 Å². The van der Waals surface area contributed by atoms with Crippen LogP contribution in [0.1, 0.15) is 28.8 Å². The van der Waals surface area contributed by atoms with Gasteiger partial charge in [-0.25, -0.2) is 4.39 Å². The van der Waals surface area contributed by atoms with Crippen LogP contribution < -0.4 is 15.5 Å². The van der Waals surface area contributed by atoms with E-state index in [4.69, 9.17) is 0 Å². The van der Waals surface area contributed by atoms with Crippen molar-refractivity contribution in [2.24, 2.45) is 0 Å². The minimum Gasteiger partial charge on any atom is -0.367 e. The number of anilines is 1. The minimum absolute atomic E-state index is 0.107. The number of carbonyl (C=O) groups excluding carboxylic acids is 2. The lowest BCUT2D eigenvalue weighted by atomic mass is 10.0. The molecule has 1 aliphatic rings. The standard InChI is InChI=1S/C21H23FN4O4/c1-14-7-8-18(22)19(10-14)25-9-3-5-16(13-25)24-20(27)12-23-21(28)15-4-2-6-17(11-15)26(29)30/h2,4,6-8,10-11,16H,3,5,9,12-13H2,1H3,(H,23,28)(H,24,27). The van der Waals surface area contributed by atoms with Crippen LogP contribution in [0, 0.1) is 22.9 Å². The van der Waals surface area contributed by atoms with Crippen LogP contribution in [-0.2, 0) is 4.79 Å². The second-order valence-corrected chi connectivity index (χ2v) is 7.30. The summed E-state index contributed by atoms with van der Waals surface area (Å²) in [6, 6.07) is 10.1. The molecule has 30 heavy (non-hydrogen) atoms. The number of nitrogens with zero attached hydrogens (tertiary/aromatic N) is 2. The minimum atomic E-state index is -0.588. The van der Waals surface area contributed by atoms with E-state index in [1.807, 2.05) is 11.8 Å². The molecule has 0 bridgehead atoms. The van der Waals surface area contributed by atoms with Gasteiger partial charge < -0.3 is 15.5 Å². The van der Waals surface area contributed by atoms with Crippen molar-refractivity contribution in [2.75, 3.05) is 24.5 Å². The van der Waals surface area contributed by atoms with Crippen molar-refractivity contribution >= 4 is 23.2 Å². The molecule has 1 saturated heterocycles. The molecule has 9 heteroatoms. The van der Waals surface area contributed by atoms with Crippen LogP contribution in [0.15, 0.2) is 42.5 Å². The zero-order chi connectivity index (χ0) is 21.7. The summed E-state index contributed by atoms with van der Waals surface area (Å²) in [6.07, 6.45) is 1.56. The summed E-state index contributed by atoms with van der Waals surface area (Å²) in [4.78, 5) is 36.6. The first kappa shape index (κ1) is 21.2. The molecule has 0 spiro atoms. The zero-order valence-corrected chi connectivity index (χ0v) is 16.6. The van der Waals surface area contributed by atoms with Gasteiger partial charge in [0.2, 0.25) is 5.91 Å². The molecule has 1 atom stereocenters. The maximum absolute atomic E-state index is 14.2. The first-order valence-electron chi connectivity index (χ1n) is 9.66. The number of non-ortho nitro benzene ring substituents is 1. The van der Waals surface area contributed by atoms with Crippen LogP contribution in [0.3, 0.4) is 0 Å². The van der Waals surface area contributed by atoms with Crippen LogP contribution >= 0.6 is 0 Å². The molecular weight excluding hydrogens is 391 g/mol. The summed E-state index contributed by atoms with van der Waals surface area (Å²) in [5, 5.41) is 16.1. The lowest BCUT2D eigenvalue weighted by Crippen LogP contribution is -2.50. The zero-order valence-electron chi connectivity index (χ0n) is 16.6. The third kappa shape index (κ3) is 5.31. The Labute approximate surface area is 173 Å². The Kier molecular flexibility index (Phi) is 6.61. The Morgan fingerprint density at radius 3 is 2.83 bits per heavy atom. The van der Waals surface area contributed by atoms with E-state index < -0.39 is 10.8 Å². The Balaban J connectivity index is 1.53. The van der Waals surface area contributed by atoms with Crippen molar-refractivity contribution in [3.05, 3.63) is 69.5 Å². The summed E-state index contributed by atoms with van der Waals surface area (Å²) in [5.74, 6) is -1.23. The third-order valence-corrected chi connectivity index (χ3v) is 4.96. The first-order valence-corrected chi connectivity index (χ1v) is 9.66. The van der Waals surface area contributed by atoms with Crippen LogP contribution in [0.5, 0.6) is 0 Å². The maximum atomic E-state index is 14.2. The molecule has 0 aliphatic carbocycles. The molecular formula is C21H23FN4O4. The van der Waals surface area contributed by atoms with E-state index in [1.165, 1.54) is 24.3 Å². The fraction of sp³-hybridized carbons (Fsp3) is 0.333. The Bertz CT molecular complexity index is 966. The SMILES string of the molecule is Cc1ccc(F)c(N2CCCC(NC(=O)CNC(=O)c3cccc([N+](=O)[O-])c3)C2)c1. The van der Waals surface area contributed by atoms with Crippen molar-refractivity contribution in [3.63, 3.8) is 0 Å². The highest BCUT2D eigenvalue weighted by molar-refractivity contribution is 5.97. The number of nitro groups is 1.